The second-order valence-corrected chi connectivity index (χ2v) is 7.51. The van der Waals surface area contributed by atoms with Crippen LogP contribution in [-0.2, 0) is 10.3 Å². The van der Waals surface area contributed by atoms with E-state index >= 15 is 0 Å². The summed E-state index contributed by atoms with van der Waals surface area (Å²) in [6.45, 7) is 0. The van der Waals surface area contributed by atoms with Gasteiger partial charge in [-0.3, -0.25) is 9.59 Å². The molecule has 3 aromatic carbocycles. The number of amides is 1. The zero-order valence-corrected chi connectivity index (χ0v) is 17.4. The van der Waals surface area contributed by atoms with Crippen molar-refractivity contribution >= 4 is 11.7 Å². The van der Waals surface area contributed by atoms with Crippen LogP contribution in [0.1, 0.15) is 33.7 Å². The Morgan fingerprint density at radius 3 is 1.72 bits per heavy atom. The number of benzene rings is 3. The summed E-state index contributed by atoms with van der Waals surface area (Å²) >= 11 is 0. The number of rotatable bonds is 8. The van der Waals surface area contributed by atoms with Crippen molar-refractivity contribution in [2.24, 2.45) is 5.73 Å². The summed E-state index contributed by atoms with van der Waals surface area (Å²) in [6.07, 6.45) is 2.85. The van der Waals surface area contributed by atoms with E-state index in [4.69, 9.17) is 5.73 Å². The van der Waals surface area contributed by atoms with Crippen LogP contribution in [-0.4, -0.2) is 27.7 Å². The highest BCUT2D eigenvalue weighted by Gasteiger charge is 2.38. The number of Topliss-reactive ketones (excluding diaryl/α,β-unsaturated/α-hetero) is 1. The van der Waals surface area contributed by atoms with Gasteiger partial charge in [-0.2, -0.15) is 0 Å². The molecule has 4 rings (SSSR count). The molecule has 6 heteroatoms. The minimum absolute atomic E-state index is 0.144. The van der Waals surface area contributed by atoms with Crippen molar-refractivity contribution in [1.82, 2.24) is 15.3 Å². The Morgan fingerprint density at radius 1 is 0.844 bits per heavy atom. The lowest BCUT2D eigenvalue weighted by atomic mass is 9.77. The number of carbonyl (C=O) groups excluding carboxylic acids is 2. The molecule has 4 N–H and O–H groups in total. The molecule has 32 heavy (non-hydrogen) atoms. The quantitative estimate of drug-likeness (QED) is 0.298. The predicted octanol–water partition coefficient (Wildman–Crippen LogP) is 3.42. The van der Waals surface area contributed by atoms with Gasteiger partial charge in [0, 0.05) is 18.8 Å². The molecule has 0 saturated carbocycles. The van der Waals surface area contributed by atoms with E-state index in [2.05, 4.69) is 15.3 Å². The van der Waals surface area contributed by atoms with Crippen LogP contribution in [0.15, 0.2) is 103 Å². The SMILES string of the molecule is N[C@H](CC(=O)NC(c1ccccc1)(c1ccccc1)c1ccccc1)C(=O)c1ncc[nH]1. The fourth-order valence-corrected chi connectivity index (χ4v) is 3.91. The summed E-state index contributed by atoms with van der Waals surface area (Å²) < 4.78 is 0. The monoisotopic (exact) mass is 424 g/mol. The first kappa shape index (κ1) is 21.2. The first-order chi connectivity index (χ1) is 15.6. The van der Waals surface area contributed by atoms with Gasteiger partial charge in [0.1, 0.15) is 5.54 Å². The minimum Gasteiger partial charge on any atom is -0.342 e. The molecule has 1 atom stereocenters. The highest BCUT2D eigenvalue weighted by Crippen LogP contribution is 2.36. The third-order valence-corrected chi connectivity index (χ3v) is 5.42. The Morgan fingerprint density at radius 2 is 1.31 bits per heavy atom. The summed E-state index contributed by atoms with van der Waals surface area (Å²) in [5, 5.41) is 3.21. The Kier molecular flexibility index (Phi) is 6.24. The van der Waals surface area contributed by atoms with Crippen molar-refractivity contribution in [2.45, 2.75) is 18.0 Å². The number of ketones is 1. The van der Waals surface area contributed by atoms with Gasteiger partial charge in [-0.15, -0.1) is 0 Å². The number of nitrogens with two attached hydrogens (primary N) is 1. The minimum atomic E-state index is -1.01. The molecule has 0 aliphatic carbocycles. The maximum Gasteiger partial charge on any atom is 0.223 e. The summed E-state index contributed by atoms with van der Waals surface area (Å²) in [6, 6.07) is 28.3. The van der Waals surface area contributed by atoms with Gasteiger partial charge in [-0.25, -0.2) is 4.98 Å². The molecule has 0 unspecified atom stereocenters. The molecule has 0 fully saturated rings. The van der Waals surface area contributed by atoms with E-state index in [1.54, 1.807) is 6.20 Å². The third kappa shape index (κ3) is 4.22. The van der Waals surface area contributed by atoms with E-state index in [1.807, 2.05) is 91.0 Å². The highest BCUT2D eigenvalue weighted by molar-refractivity contribution is 5.99. The smallest absolute Gasteiger partial charge is 0.223 e. The average Bonchev–Trinajstić information content (AvgIpc) is 3.39. The van der Waals surface area contributed by atoms with Crippen LogP contribution in [0.4, 0.5) is 0 Å². The van der Waals surface area contributed by atoms with Crippen molar-refractivity contribution in [3.8, 4) is 0 Å². The highest BCUT2D eigenvalue weighted by atomic mass is 16.2. The van der Waals surface area contributed by atoms with Gasteiger partial charge in [0.05, 0.1) is 6.04 Å². The molecular formula is C26H24N4O2. The van der Waals surface area contributed by atoms with Gasteiger partial charge in [-0.05, 0) is 16.7 Å². The van der Waals surface area contributed by atoms with Crippen molar-refractivity contribution in [2.75, 3.05) is 0 Å². The number of imidazole rings is 1. The Balaban J connectivity index is 1.74. The number of H-pyrrole nitrogens is 1. The predicted molar refractivity (Wildman–Crippen MR) is 123 cm³/mol. The summed E-state index contributed by atoms with van der Waals surface area (Å²) in [4.78, 5) is 32.5. The van der Waals surface area contributed by atoms with Gasteiger partial charge in [0.25, 0.3) is 0 Å². The van der Waals surface area contributed by atoms with Crippen molar-refractivity contribution in [3.05, 3.63) is 126 Å². The first-order valence-corrected chi connectivity index (χ1v) is 10.4. The number of nitrogens with one attached hydrogen (secondary N) is 2. The third-order valence-electron chi connectivity index (χ3n) is 5.42. The zero-order chi connectivity index (χ0) is 22.4. The number of hydrogen-bond donors (Lipinski definition) is 3. The largest absolute Gasteiger partial charge is 0.342 e. The lowest BCUT2D eigenvalue weighted by Crippen LogP contribution is -2.49. The molecule has 1 aromatic heterocycles. The van der Waals surface area contributed by atoms with Crippen LogP contribution in [0.3, 0.4) is 0 Å². The van der Waals surface area contributed by atoms with Gasteiger partial charge in [0.2, 0.25) is 11.7 Å². The van der Waals surface area contributed by atoms with E-state index in [1.165, 1.54) is 6.20 Å². The molecule has 0 saturated heterocycles. The fourth-order valence-electron chi connectivity index (χ4n) is 3.91. The summed E-state index contributed by atoms with van der Waals surface area (Å²) in [5.74, 6) is -0.602. The van der Waals surface area contributed by atoms with Crippen molar-refractivity contribution in [1.29, 1.82) is 0 Å². The summed E-state index contributed by atoms with van der Waals surface area (Å²) in [7, 11) is 0. The van der Waals surface area contributed by atoms with E-state index in [9.17, 15) is 9.59 Å². The number of nitrogens with zero attached hydrogens (tertiary/aromatic N) is 1. The van der Waals surface area contributed by atoms with Crippen molar-refractivity contribution < 1.29 is 9.59 Å². The molecule has 4 aromatic rings. The van der Waals surface area contributed by atoms with Crippen LogP contribution < -0.4 is 11.1 Å². The number of carbonyl (C=O) groups is 2. The molecule has 1 heterocycles. The van der Waals surface area contributed by atoms with Gasteiger partial charge >= 0.3 is 0 Å². The topological polar surface area (TPSA) is 101 Å². The molecule has 0 bridgehead atoms. The van der Waals surface area contributed by atoms with Crippen LogP contribution in [0.25, 0.3) is 0 Å². The standard InChI is InChI=1S/C26H24N4O2/c27-22(24(32)25-28-16-17-29-25)18-23(31)30-26(19-10-4-1-5-11-19,20-12-6-2-7-13-20)21-14-8-3-9-15-21/h1-17,22H,18,27H2,(H,28,29)(H,30,31)/t22-/m1/s1. The van der Waals surface area contributed by atoms with E-state index in [0.29, 0.717) is 0 Å². The van der Waals surface area contributed by atoms with Gasteiger partial charge < -0.3 is 16.0 Å². The van der Waals surface area contributed by atoms with Crippen LogP contribution in [0, 0.1) is 0 Å². The molecule has 0 aliphatic heterocycles. The Bertz CT molecular complexity index is 1060. The van der Waals surface area contributed by atoms with Crippen molar-refractivity contribution in [3.63, 3.8) is 0 Å². The number of hydrogen-bond acceptors (Lipinski definition) is 4. The van der Waals surface area contributed by atoms with E-state index < -0.39 is 17.4 Å². The lowest BCUT2D eigenvalue weighted by molar-refractivity contribution is -0.122. The number of aromatic nitrogens is 2. The Hall–Kier alpha value is -4.03. The molecular weight excluding hydrogens is 400 g/mol. The second kappa shape index (κ2) is 9.41. The van der Waals surface area contributed by atoms with Gasteiger partial charge in [0.15, 0.2) is 5.82 Å². The maximum atomic E-state index is 13.3. The molecule has 0 radical (unpaired) electrons. The molecule has 6 nitrogen and oxygen atoms in total. The first-order valence-electron chi connectivity index (χ1n) is 10.4. The van der Waals surface area contributed by atoms with Gasteiger partial charge in [-0.1, -0.05) is 91.0 Å². The maximum absolute atomic E-state index is 13.3. The van der Waals surface area contributed by atoms with E-state index in [-0.39, 0.29) is 18.2 Å². The van der Waals surface area contributed by atoms with E-state index in [0.717, 1.165) is 16.7 Å². The zero-order valence-electron chi connectivity index (χ0n) is 17.4. The average molecular weight is 425 g/mol. The Labute approximate surface area is 186 Å². The van der Waals surface area contributed by atoms with Crippen LogP contribution >= 0.6 is 0 Å². The van der Waals surface area contributed by atoms with Crippen LogP contribution in [0.2, 0.25) is 0 Å². The molecule has 1 amide bonds. The second-order valence-electron chi connectivity index (χ2n) is 7.51. The normalized spacial score (nSPS) is 12.2. The lowest BCUT2D eigenvalue weighted by Gasteiger charge is -2.37. The molecule has 0 spiro atoms. The fraction of sp³-hybridized carbons (Fsp3) is 0.115. The molecule has 160 valence electrons. The number of aromatic amines is 1. The summed E-state index contributed by atoms with van der Waals surface area (Å²) in [5.41, 5.74) is 7.82. The molecule has 0 aliphatic rings. The van der Waals surface area contributed by atoms with Crippen LogP contribution in [0.5, 0.6) is 0 Å².